The van der Waals surface area contributed by atoms with E-state index in [1.54, 1.807) is 13.2 Å². The topological polar surface area (TPSA) is 44.8 Å². The minimum atomic E-state index is -0.783. The van der Waals surface area contributed by atoms with Crippen LogP contribution in [0.15, 0.2) is 24.3 Å². The molecule has 0 N–H and O–H groups in total. The number of ketones is 1. The molecule has 2 rings (SSSR count). The van der Waals surface area contributed by atoms with Gasteiger partial charge in [0.15, 0.2) is 5.78 Å². The molecular formula is C16H22O4. The Morgan fingerprint density at radius 2 is 1.90 bits per heavy atom. The molecule has 0 amide bonds. The summed E-state index contributed by atoms with van der Waals surface area (Å²) >= 11 is 0. The predicted molar refractivity (Wildman–Crippen MR) is 76.3 cm³/mol. The number of para-hydroxylation sites is 1. The largest absolute Gasteiger partial charge is 0.490 e. The summed E-state index contributed by atoms with van der Waals surface area (Å²) in [7, 11) is 1.59. The third kappa shape index (κ3) is 3.02. The number of carbonyl (C=O) groups excluding carboxylic acids is 1. The Labute approximate surface area is 120 Å². The number of hydrogen-bond acceptors (Lipinski definition) is 4. The van der Waals surface area contributed by atoms with Gasteiger partial charge in [0.1, 0.15) is 11.4 Å². The Balaban J connectivity index is 2.32. The van der Waals surface area contributed by atoms with E-state index in [1.807, 2.05) is 32.0 Å². The zero-order valence-corrected chi connectivity index (χ0v) is 12.3. The zero-order chi connectivity index (χ0) is 14.6. The van der Waals surface area contributed by atoms with Crippen molar-refractivity contribution in [2.24, 2.45) is 0 Å². The maximum atomic E-state index is 12.9. The van der Waals surface area contributed by atoms with Gasteiger partial charge in [-0.25, -0.2) is 0 Å². The van der Waals surface area contributed by atoms with Crippen LogP contribution in [0.4, 0.5) is 0 Å². The quantitative estimate of drug-likeness (QED) is 0.777. The van der Waals surface area contributed by atoms with E-state index in [0.717, 1.165) is 0 Å². The average molecular weight is 278 g/mol. The molecule has 1 aromatic carbocycles. The van der Waals surface area contributed by atoms with Gasteiger partial charge in [-0.2, -0.15) is 0 Å². The van der Waals surface area contributed by atoms with Gasteiger partial charge in [0.2, 0.25) is 0 Å². The molecule has 110 valence electrons. The number of Topliss-reactive ketones (excluding diaryl/α,β-unsaturated/α-hetero) is 1. The maximum absolute atomic E-state index is 12.9. The van der Waals surface area contributed by atoms with Gasteiger partial charge in [0.05, 0.1) is 11.7 Å². The first-order valence-corrected chi connectivity index (χ1v) is 7.02. The average Bonchev–Trinajstić information content (AvgIpc) is 2.47. The first kappa shape index (κ1) is 15.0. The van der Waals surface area contributed by atoms with E-state index >= 15 is 0 Å². The van der Waals surface area contributed by atoms with Crippen LogP contribution in [-0.2, 0) is 9.47 Å². The summed E-state index contributed by atoms with van der Waals surface area (Å²) in [5.41, 5.74) is -0.195. The molecule has 0 atom stereocenters. The highest BCUT2D eigenvalue weighted by molar-refractivity contribution is 6.04. The fourth-order valence-electron chi connectivity index (χ4n) is 2.48. The lowest BCUT2D eigenvalue weighted by Crippen LogP contribution is -2.45. The standard InChI is InChI=1S/C16H22O4/c1-12(2)20-14-7-5-4-6-13(14)15(17)16(18-3)8-10-19-11-9-16/h4-7,12H,8-11H2,1-3H3. The van der Waals surface area contributed by atoms with Gasteiger partial charge in [-0.1, -0.05) is 12.1 Å². The number of benzene rings is 1. The van der Waals surface area contributed by atoms with Crippen molar-refractivity contribution >= 4 is 5.78 Å². The van der Waals surface area contributed by atoms with Crippen molar-refractivity contribution in [3.8, 4) is 5.75 Å². The predicted octanol–water partition coefficient (Wildman–Crippen LogP) is 2.85. The molecule has 1 saturated heterocycles. The summed E-state index contributed by atoms with van der Waals surface area (Å²) in [4.78, 5) is 12.9. The van der Waals surface area contributed by atoms with E-state index in [1.165, 1.54) is 0 Å². The van der Waals surface area contributed by atoms with E-state index in [9.17, 15) is 4.79 Å². The van der Waals surface area contributed by atoms with E-state index in [0.29, 0.717) is 37.4 Å². The molecule has 20 heavy (non-hydrogen) atoms. The Kier molecular flexibility index (Phi) is 4.78. The molecule has 0 unspecified atom stereocenters. The fraction of sp³-hybridized carbons (Fsp3) is 0.562. The van der Waals surface area contributed by atoms with Crippen molar-refractivity contribution in [3.63, 3.8) is 0 Å². The van der Waals surface area contributed by atoms with Crippen LogP contribution in [0.5, 0.6) is 5.75 Å². The van der Waals surface area contributed by atoms with Gasteiger partial charge in [-0.15, -0.1) is 0 Å². The molecule has 0 spiro atoms. The summed E-state index contributed by atoms with van der Waals surface area (Å²) in [5.74, 6) is 0.606. The second-order valence-electron chi connectivity index (χ2n) is 5.30. The van der Waals surface area contributed by atoms with Crippen LogP contribution in [-0.4, -0.2) is 37.8 Å². The normalized spacial score (nSPS) is 18.0. The van der Waals surface area contributed by atoms with Gasteiger partial charge in [0, 0.05) is 33.2 Å². The minimum absolute atomic E-state index is 0.0143. The van der Waals surface area contributed by atoms with Crippen LogP contribution in [0.25, 0.3) is 0 Å². The lowest BCUT2D eigenvalue weighted by molar-refractivity contribution is -0.0664. The second kappa shape index (κ2) is 6.37. The molecule has 4 nitrogen and oxygen atoms in total. The van der Waals surface area contributed by atoms with Gasteiger partial charge >= 0.3 is 0 Å². The summed E-state index contributed by atoms with van der Waals surface area (Å²) in [6.07, 6.45) is 1.19. The monoisotopic (exact) mass is 278 g/mol. The summed E-state index contributed by atoms with van der Waals surface area (Å²) in [6, 6.07) is 7.35. The van der Waals surface area contributed by atoms with E-state index < -0.39 is 5.60 Å². The maximum Gasteiger partial charge on any atom is 0.198 e. The highest BCUT2D eigenvalue weighted by Gasteiger charge is 2.41. The number of hydrogen-bond donors (Lipinski definition) is 0. The van der Waals surface area contributed by atoms with Crippen molar-refractivity contribution in [1.29, 1.82) is 0 Å². The fourth-order valence-corrected chi connectivity index (χ4v) is 2.48. The lowest BCUT2D eigenvalue weighted by Gasteiger charge is -2.34. The highest BCUT2D eigenvalue weighted by Crippen LogP contribution is 2.32. The molecule has 4 heteroatoms. The molecule has 0 radical (unpaired) electrons. The molecule has 0 bridgehead atoms. The van der Waals surface area contributed by atoms with Crippen LogP contribution in [0.1, 0.15) is 37.0 Å². The highest BCUT2D eigenvalue weighted by atomic mass is 16.5. The molecule has 1 heterocycles. The smallest absolute Gasteiger partial charge is 0.198 e. The van der Waals surface area contributed by atoms with Gasteiger partial charge in [-0.3, -0.25) is 4.79 Å². The Morgan fingerprint density at radius 3 is 2.50 bits per heavy atom. The van der Waals surface area contributed by atoms with E-state index in [2.05, 4.69) is 0 Å². The van der Waals surface area contributed by atoms with Crippen molar-refractivity contribution in [2.45, 2.75) is 38.4 Å². The van der Waals surface area contributed by atoms with Crippen LogP contribution < -0.4 is 4.74 Å². The molecule has 1 fully saturated rings. The van der Waals surface area contributed by atoms with Crippen molar-refractivity contribution in [1.82, 2.24) is 0 Å². The van der Waals surface area contributed by atoms with Gasteiger partial charge in [0.25, 0.3) is 0 Å². The zero-order valence-electron chi connectivity index (χ0n) is 12.3. The van der Waals surface area contributed by atoms with Crippen molar-refractivity contribution in [3.05, 3.63) is 29.8 Å². The summed E-state index contributed by atoms with van der Waals surface area (Å²) in [6.45, 7) is 4.99. The number of methoxy groups -OCH3 is 1. The third-order valence-corrected chi connectivity index (χ3v) is 3.60. The number of carbonyl (C=O) groups is 1. The molecule has 0 saturated carbocycles. The summed E-state index contributed by atoms with van der Waals surface area (Å²) < 4.78 is 16.7. The molecular weight excluding hydrogens is 256 g/mol. The van der Waals surface area contributed by atoms with Crippen LogP contribution in [0.2, 0.25) is 0 Å². The first-order valence-electron chi connectivity index (χ1n) is 7.02. The number of ether oxygens (including phenoxy) is 3. The number of rotatable bonds is 5. The lowest BCUT2D eigenvalue weighted by atomic mass is 9.85. The van der Waals surface area contributed by atoms with Crippen LogP contribution in [0, 0.1) is 0 Å². The van der Waals surface area contributed by atoms with Crippen molar-refractivity contribution < 1.29 is 19.0 Å². The molecule has 0 aromatic heterocycles. The third-order valence-electron chi connectivity index (χ3n) is 3.60. The molecule has 1 aromatic rings. The molecule has 0 aliphatic carbocycles. The minimum Gasteiger partial charge on any atom is -0.490 e. The van der Waals surface area contributed by atoms with Crippen LogP contribution >= 0.6 is 0 Å². The summed E-state index contributed by atoms with van der Waals surface area (Å²) in [5, 5.41) is 0. The van der Waals surface area contributed by atoms with Crippen LogP contribution in [0.3, 0.4) is 0 Å². The SMILES string of the molecule is COC1(C(=O)c2ccccc2OC(C)C)CCOCC1. The van der Waals surface area contributed by atoms with Gasteiger partial charge < -0.3 is 14.2 Å². The second-order valence-corrected chi connectivity index (χ2v) is 5.30. The van der Waals surface area contributed by atoms with E-state index in [4.69, 9.17) is 14.2 Å². The molecule has 1 aliphatic heterocycles. The van der Waals surface area contributed by atoms with Gasteiger partial charge in [-0.05, 0) is 26.0 Å². The Bertz CT molecular complexity index is 461. The first-order chi connectivity index (χ1) is 9.59. The Hall–Kier alpha value is -1.39. The van der Waals surface area contributed by atoms with E-state index in [-0.39, 0.29) is 11.9 Å². The molecule has 1 aliphatic rings. The Morgan fingerprint density at radius 1 is 1.25 bits per heavy atom. The van der Waals surface area contributed by atoms with Crippen molar-refractivity contribution in [2.75, 3.05) is 20.3 Å².